The fourth-order valence-corrected chi connectivity index (χ4v) is 3.89. The van der Waals surface area contributed by atoms with Crippen LogP contribution in [0.4, 0.5) is 0 Å². The first kappa shape index (κ1) is 13.9. The topological polar surface area (TPSA) is 21.3 Å². The van der Waals surface area contributed by atoms with E-state index in [0.717, 1.165) is 30.6 Å². The minimum atomic E-state index is 0.325. The van der Waals surface area contributed by atoms with Gasteiger partial charge in [-0.15, -0.1) is 0 Å². The zero-order valence-electron chi connectivity index (χ0n) is 12.8. The molecule has 20 heavy (non-hydrogen) atoms. The fraction of sp³-hybridized carbons (Fsp3) is 0.667. The number of hydrogen-bond donors (Lipinski definition) is 1. The van der Waals surface area contributed by atoms with Crippen LogP contribution in [0.5, 0.6) is 5.75 Å². The van der Waals surface area contributed by atoms with Gasteiger partial charge in [-0.05, 0) is 42.9 Å². The van der Waals surface area contributed by atoms with Crippen LogP contribution in [0, 0.1) is 11.8 Å². The summed E-state index contributed by atoms with van der Waals surface area (Å²) >= 11 is 0. The summed E-state index contributed by atoms with van der Waals surface area (Å²) in [5.74, 6) is 2.80. The fourth-order valence-electron chi connectivity index (χ4n) is 3.89. The lowest BCUT2D eigenvalue weighted by Crippen LogP contribution is -2.48. The summed E-state index contributed by atoms with van der Waals surface area (Å²) in [6.07, 6.45) is 6.87. The number of nitrogens with one attached hydrogen (secondary N) is 1. The van der Waals surface area contributed by atoms with Gasteiger partial charge in [-0.2, -0.15) is 0 Å². The van der Waals surface area contributed by atoms with Gasteiger partial charge in [-0.3, -0.25) is 0 Å². The van der Waals surface area contributed by atoms with Gasteiger partial charge in [0.05, 0.1) is 0 Å². The van der Waals surface area contributed by atoms with Crippen LogP contribution in [0.1, 0.15) is 45.1 Å². The van der Waals surface area contributed by atoms with Gasteiger partial charge in [-0.1, -0.05) is 44.9 Å². The summed E-state index contributed by atoms with van der Waals surface area (Å²) < 4.78 is 6.24. The molecule has 2 aliphatic rings. The molecule has 1 heterocycles. The Balaban J connectivity index is 1.69. The molecule has 2 atom stereocenters. The Morgan fingerprint density at radius 1 is 1.20 bits per heavy atom. The second kappa shape index (κ2) is 6.17. The van der Waals surface area contributed by atoms with E-state index in [2.05, 4.69) is 43.4 Å². The minimum Gasteiger partial charge on any atom is -0.488 e. The molecule has 1 aromatic rings. The van der Waals surface area contributed by atoms with Gasteiger partial charge in [-0.25, -0.2) is 0 Å². The number of benzene rings is 1. The third-order valence-corrected chi connectivity index (χ3v) is 5.08. The lowest BCUT2D eigenvalue weighted by Gasteiger charge is -2.36. The molecule has 1 aromatic carbocycles. The van der Waals surface area contributed by atoms with E-state index in [-0.39, 0.29) is 0 Å². The van der Waals surface area contributed by atoms with Gasteiger partial charge in [0.15, 0.2) is 0 Å². The van der Waals surface area contributed by atoms with Crippen LogP contribution in [-0.4, -0.2) is 18.7 Å². The molecule has 1 aliphatic heterocycles. The number of ether oxygens (including phenoxy) is 1. The second-order valence-corrected chi connectivity index (χ2v) is 6.57. The Morgan fingerprint density at radius 2 is 1.95 bits per heavy atom. The first-order chi connectivity index (χ1) is 9.78. The third kappa shape index (κ3) is 2.85. The summed E-state index contributed by atoms with van der Waals surface area (Å²) in [5, 5.41) is 3.72. The average molecular weight is 273 g/mol. The van der Waals surface area contributed by atoms with E-state index in [4.69, 9.17) is 4.74 Å². The summed E-state index contributed by atoms with van der Waals surface area (Å²) in [4.78, 5) is 0. The molecule has 0 bridgehead atoms. The van der Waals surface area contributed by atoms with Crippen molar-refractivity contribution >= 4 is 0 Å². The van der Waals surface area contributed by atoms with Crippen molar-refractivity contribution in [3.8, 4) is 5.75 Å². The number of rotatable bonds is 4. The van der Waals surface area contributed by atoms with Crippen LogP contribution in [-0.2, 0) is 6.42 Å². The molecule has 0 amide bonds. The molecule has 2 nitrogen and oxygen atoms in total. The van der Waals surface area contributed by atoms with Gasteiger partial charge in [0.25, 0.3) is 0 Å². The predicted octanol–water partition coefficient (Wildman–Crippen LogP) is 3.79. The van der Waals surface area contributed by atoms with E-state index in [1.807, 2.05) is 0 Å². The van der Waals surface area contributed by atoms with Crippen LogP contribution in [0.2, 0.25) is 0 Å². The molecule has 0 aromatic heterocycles. The van der Waals surface area contributed by atoms with Gasteiger partial charge >= 0.3 is 0 Å². The molecular weight excluding hydrogens is 246 g/mol. The van der Waals surface area contributed by atoms with Gasteiger partial charge < -0.3 is 10.1 Å². The van der Waals surface area contributed by atoms with Crippen molar-refractivity contribution < 1.29 is 4.74 Å². The molecule has 0 radical (unpaired) electrons. The molecular formula is C18H27NO. The Bertz CT molecular complexity index is 412. The van der Waals surface area contributed by atoms with Crippen LogP contribution < -0.4 is 10.1 Å². The first-order valence-corrected chi connectivity index (χ1v) is 8.26. The van der Waals surface area contributed by atoms with Crippen LogP contribution >= 0.6 is 0 Å². The largest absolute Gasteiger partial charge is 0.488 e. The van der Waals surface area contributed by atoms with E-state index < -0.39 is 0 Å². The van der Waals surface area contributed by atoms with Gasteiger partial charge in [0.1, 0.15) is 11.9 Å². The quantitative estimate of drug-likeness (QED) is 0.901. The van der Waals surface area contributed by atoms with Gasteiger partial charge in [0, 0.05) is 12.5 Å². The van der Waals surface area contributed by atoms with E-state index in [0.29, 0.717) is 12.1 Å². The smallest absolute Gasteiger partial charge is 0.123 e. The molecule has 110 valence electrons. The molecule has 1 fully saturated rings. The predicted molar refractivity (Wildman–Crippen MR) is 83.1 cm³/mol. The normalized spacial score (nSPS) is 30.6. The summed E-state index contributed by atoms with van der Waals surface area (Å²) in [6.45, 7) is 5.63. The maximum Gasteiger partial charge on any atom is 0.123 e. The van der Waals surface area contributed by atoms with Crippen molar-refractivity contribution in [3.63, 3.8) is 0 Å². The molecule has 2 unspecified atom stereocenters. The first-order valence-electron chi connectivity index (χ1n) is 8.26. The molecule has 3 rings (SSSR count). The van der Waals surface area contributed by atoms with Crippen molar-refractivity contribution in [2.24, 2.45) is 11.8 Å². The SMILES string of the molecule is CCNC(C1CCC(C)CC1)C1Cc2ccccc2O1. The zero-order valence-corrected chi connectivity index (χ0v) is 12.8. The van der Waals surface area contributed by atoms with Crippen molar-refractivity contribution in [2.75, 3.05) is 6.54 Å². The highest BCUT2D eigenvalue weighted by Crippen LogP contribution is 2.36. The Labute approximate surface area is 122 Å². The summed E-state index contributed by atoms with van der Waals surface area (Å²) in [6, 6.07) is 9.03. The molecule has 1 aliphatic carbocycles. The van der Waals surface area contributed by atoms with E-state index >= 15 is 0 Å². The second-order valence-electron chi connectivity index (χ2n) is 6.57. The van der Waals surface area contributed by atoms with Crippen molar-refractivity contribution in [3.05, 3.63) is 29.8 Å². The summed E-state index contributed by atoms with van der Waals surface area (Å²) in [7, 11) is 0. The highest BCUT2D eigenvalue weighted by molar-refractivity contribution is 5.37. The van der Waals surface area contributed by atoms with Gasteiger partial charge in [0.2, 0.25) is 0 Å². The Kier molecular flexibility index (Phi) is 4.30. The van der Waals surface area contributed by atoms with E-state index in [1.54, 1.807) is 0 Å². The van der Waals surface area contributed by atoms with Crippen molar-refractivity contribution in [2.45, 2.75) is 58.1 Å². The Hall–Kier alpha value is -1.02. The maximum atomic E-state index is 6.24. The maximum absolute atomic E-state index is 6.24. The molecule has 1 N–H and O–H groups in total. The minimum absolute atomic E-state index is 0.325. The molecule has 0 spiro atoms. The number of likely N-dealkylation sites (N-methyl/N-ethyl adjacent to an activating group) is 1. The van der Waals surface area contributed by atoms with Crippen molar-refractivity contribution in [1.82, 2.24) is 5.32 Å². The lowest BCUT2D eigenvalue weighted by atomic mass is 9.77. The van der Waals surface area contributed by atoms with Crippen LogP contribution in [0.3, 0.4) is 0 Å². The lowest BCUT2D eigenvalue weighted by molar-refractivity contribution is 0.114. The Morgan fingerprint density at radius 3 is 2.65 bits per heavy atom. The monoisotopic (exact) mass is 273 g/mol. The molecule has 2 heteroatoms. The number of hydrogen-bond acceptors (Lipinski definition) is 2. The highest BCUT2D eigenvalue weighted by Gasteiger charge is 2.36. The van der Waals surface area contributed by atoms with Crippen LogP contribution in [0.15, 0.2) is 24.3 Å². The highest BCUT2D eigenvalue weighted by atomic mass is 16.5. The summed E-state index contributed by atoms with van der Waals surface area (Å²) in [5.41, 5.74) is 1.38. The molecule has 1 saturated carbocycles. The zero-order chi connectivity index (χ0) is 13.9. The average Bonchev–Trinajstić information content (AvgIpc) is 2.89. The molecule has 0 saturated heterocycles. The third-order valence-electron chi connectivity index (χ3n) is 5.08. The number of fused-ring (bicyclic) bond motifs is 1. The van der Waals surface area contributed by atoms with E-state index in [1.165, 1.54) is 31.2 Å². The van der Waals surface area contributed by atoms with Crippen LogP contribution in [0.25, 0.3) is 0 Å². The van der Waals surface area contributed by atoms with Crippen molar-refractivity contribution in [1.29, 1.82) is 0 Å². The number of para-hydroxylation sites is 1. The standard InChI is InChI=1S/C18H27NO/c1-3-19-18(14-10-8-13(2)9-11-14)17-12-15-6-4-5-7-16(15)20-17/h4-7,13-14,17-19H,3,8-12H2,1-2H3. The van der Waals surface area contributed by atoms with E-state index in [9.17, 15) is 0 Å².